The minimum atomic E-state index is 0.732. The lowest BCUT2D eigenvalue weighted by Gasteiger charge is -2.01. The monoisotopic (exact) mass is 178 g/mol. The first-order valence-corrected chi connectivity index (χ1v) is 5.38. The van der Waals surface area contributed by atoms with E-state index in [2.05, 4.69) is 23.9 Å². The van der Waals surface area contributed by atoms with Crippen LogP contribution in [0.5, 0.6) is 5.75 Å². The third-order valence-electron chi connectivity index (χ3n) is 1.55. The Bertz CT molecular complexity index is 251. The van der Waals surface area contributed by atoms with Gasteiger partial charge >= 0.3 is 0 Å². The standard InChI is InChI=1S/C10H14OSi/c1-2-11-10-5-3-9(4-6-10)7-8-12/h3-8H,2H2,1,12H3. The molecular formula is C10H14OSi. The Kier molecular flexibility index (Phi) is 3.61. The van der Waals surface area contributed by atoms with Crippen LogP contribution in [-0.2, 0) is 0 Å². The van der Waals surface area contributed by atoms with Gasteiger partial charge in [0.25, 0.3) is 0 Å². The van der Waals surface area contributed by atoms with Crippen molar-refractivity contribution in [2.45, 2.75) is 6.92 Å². The van der Waals surface area contributed by atoms with Gasteiger partial charge in [0, 0.05) is 10.2 Å². The molecule has 0 aliphatic rings. The number of rotatable bonds is 3. The molecule has 0 saturated heterocycles. The van der Waals surface area contributed by atoms with E-state index in [0.717, 1.165) is 22.6 Å². The topological polar surface area (TPSA) is 9.23 Å². The average molecular weight is 178 g/mol. The zero-order valence-electron chi connectivity index (χ0n) is 7.58. The number of hydrogen-bond acceptors (Lipinski definition) is 1. The maximum atomic E-state index is 5.32. The van der Waals surface area contributed by atoms with E-state index >= 15 is 0 Å². The van der Waals surface area contributed by atoms with Gasteiger partial charge in [-0.05, 0) is 24.6 Å². The van der Waals surface area contributed by atoms with Crippen LogP contribution in [-0.4, -0.2) is 16.8 Å². The van der Waals surface area contributed by atoms with Gasteiger partial charge in [-0.3, -0.25) is 0 Å². The average Bonchev–Trinajstić information content (AvgIpc) is 2.09. The van der Waals surface area contributed by atoms with Gasteiger partial charge in [-0.1, -0.05) is 18.2 Å². The second-order valence-corrected chi connectivity index (χ2v) is 3.17. The number of hydrogen-bond donors (Lipinski definition) is 0. The van der Waals surface area contributed by atoms with E-state index in [1.54, 1.807) is 0 Å². The normalized spacial score (nSPS) is 10.8. The molecule has 2 heteroatoms. The molecule has 0 unspecified atom stereocenters. The van der Waals surface area contributed by atoms with Crippen LogP contribution >= 0.6 is 0 Å². The molecule has 0 saturated carbocycles. The highest BCUT2D eigenvalue weighted by Gasteiger charge is 1.89. The van der Waals surface area contributed by atoms with Crippen molar-refractivity contribution in [3.8, 4) is 5.75 Å². The molecule has 0 amide bonds. The van der Waals surface area contributed by atoms with Gasteiger partial charge in [0.1, 0.15) is 5.75 Å². The zero-order valence-corrected chi connectivity index (χ0v) is 9.58. The quantitative estimate of drug-likeness (QED) is 0.636. The third-order valence-corrected chi connectivity index (χ3v) is 1.88. The predicted molar refractivity (Wildman–Crippen MR) is 56.6 cm³/mol. The van der Waals surface area contributed by atoms with Gasteiger partial charge in [-0.2, -0.15) is 0 Å². The Hall–Kier alpha value is -1.02. The molecule has 0 N–H and O–H groups in total. The smallest absolute Gasteiger partial charge is 0.119 e. The van der Waals surface area contributed by atoms with Crippen LogP contribution in [0.25, 0.3) is 6.08 Å². The first-order valence-electron chi connectivity index (χ1n) is 4.22. The second kappa shape index (κ2) is 4.77. The van der Waals surface area contributed by atoms with E-state index in [0.29, 0.717) is 0 Å². The minimum absolute atomic E-state index is 0.732. The van der Waals surface area contributed by atoms with E-state index in [-0.39, 0.29) is 0 Å². The van der Waals surface area contributed by atoms with E-state index in [9.17, 15) is 0 Å². The Morgan fingerprint density at radius 2 is 2.00 bits per heavy atom. The Labute approximate surface area is 76.5 Å². The lowest BCUT2D eigenvalue weighted by molar-refractivity contribution is 0.340. The summed E-state index contributed by atoms with van der Waals surface area (Å²) < 4.78 is 5.32. The molecule has 0 bridgehead atoms. The maximum Gasteiger partial charge on any atom is 0.119 e. The van der Waals surface area contributed by atoms with Crippen molar-refractivity contribution in [3.63, 3.8) is 0 Å². The Morgan fingerprint density at radius 1 is 1.33 bits per heavy atom. The van der Waals surface area contributed by atoms with Crippen LogP contribution in [0.3, 0.4) is 0 Å². The molecule has 64 valence electrons. The molecule has 0 atom stereocenters. The van der Waals surface area contributed by atoms with Crippen LogP contribution in [0.2, 0.25) is 0 Å². The molecule has 0 fully saturated rings. The Balaban J connectivity index is 2.71. The van der Waals surface area contributed by atoms with Gasteiger partial charge in [0.2, 0.25) is 0 Å². The van der Waals surface area contributed by atoms with E-state index in [1.807, 2.05) is 19.1 Å². The maximum absolute atomic E-state index is 5.32. The molecule has 1 nitrogen and oxygen atoms in total. The number of ether oxygens (including phenoxy) is 1. The van der Waals surface area contributed by atoms with Crippen molar-refractivity contribution < 1.29 is 4.74 Å². The highest BCUT2D eigenvalue weighted by Crippen LogP contribution is 2.12. The van der Waals surface area contributed by atoms with E-state index in [4.69, 9.17) is 4.74 Å². The molecule has 0 aromatic heterocycles. The summed E-state index contributed by atoms with van der Waals surface area (Å²) in [4.78, 5) is 0. The molecule has 12 heavy (non-hydrogen) atoms. The lowest BCUT2D eigenvalue weighted by atomic mass is 10.2. The first kappa shape index (κ1) is 9.07. The summed E-state index contributed by atoms with van der Waals surface area (Å²) in [6, 6.07) is 8.14. The molecular weight excluding hydrogens is 164 g/mol. The number of benzene rings is 1. The summed E-state index contributed by atoms with van der Waals surface area (Å²) in [5.74, 6) is 0.947. The van der Waals surface area contributed by atoms with Crippen molar-refractivity contribution in [1.82, 2.24) is 0 Å². The van der Waals surface area contributed by atoms with Crippen LogP contribution in [0.15, 0.2) is 30.0 Å². The lowest BCUT2D eigenvalue weighted by Crippen LogP contribution is -1.90. The van der Waals surface area contributed by atoms with Crippen LogP contribution < -0.4 is 4.74 Å². The molecule has 1 aromatic carbocycles. The molecule has 1 aromatic rings. The first-order chi connectivity index (χ1) is 5.86. The second-order valence-electron chi connectivity index (χ2n) is 2.50. The molecule has 0 radical (unpaired) electrons. The summed E-state index contributed by atoms with van der Waals surface area (Å²) in [5, 5.41) is 0. The summed E-state index contributed by atoms with van der Waals surface area (Å²) in [5.41, 5.74) is 3.41. The van der Waals surface area contributed by atoms with Crippen LogP contribution in [0.4, 0.5) is 0 Å². The van der Waals surface area contributed by atoms with Gasteiger partial charge < -0.3 is 4.74 Å². The fourth-order valence-electron chi connectivity index (χ4n) is 1.03. The summed E-state index contributed by atoms with van der Waals surface area (Å²) in [7, 11) is 1.11. The highest BCUT2D eigenvalue weighted by atomic mass is 28.1. The SMILES string of the molecule is CCOc1ccc(C=C[SiH3])cc1. The molecule has 0 aliphatic carbocycles. The summed E-state index contributed by atoms with van der Waals surface area (Å²) in [6.45, 7) is 2.72. The van der Waals surface area contributed by atoms with Gasteiger partial charge in [-0.25, -0.2) is 0 Å². The van der Waals surface area contributed by atoms with Crippen LogP contribution in [0, 0.1) is 0 Å². The largest absolute Gasteiger partial charge is 0.494 e. The van der Waals surface area contributed by atoms with Crippen molar-refractivity contribution in [2.75, 3.05) is 6.61 Å². The molecule has 1 rings (SSSR count). The molecule has 0 heterocycles. The van der Waals surface area contributed by atoms with Gasteiger partial charge in [0.15, 0.2) is 0 Å². The van der Waals surface area contributed by atoms with Crippen molar-refractivity contribution in [3.05, 3.63) is 35.5 Å². The van der Waals surface area contributed by atoms with Crippen molar-refractivity contribution in [2.24, 2.45) is 0 Å². The fourth-order valence-corrected chi connectivity index (χ4v) is 1.42. The molecule has 0 aliphatic heterocycles. The summed E-state index contributed by atoms with van der Waals surface area (Å²) in [6.07, 6.45) is 2.13. The molecule has 0 spiro atoms. The van der Waals surface area contributed by atoms with Crippen molar-refractivity contribution >= 4 is 16.3 Å². The fraction of sp³-hybridized carbons (Fsp3) is 0.200. The van der Waals surface area contributed by atoms with Crippen molar-refractivity contribution in [1.29, 1.82) is 0 Å². The van der Waals surface area contributed by atoms with Gasteiger partial charge in [0.05, 0.1) is 6.61 Å². The van der Waals surface area contributed by atoms with E-state index < -0.39 is 0 Å². The Morgan fingerprint density at radius 3 is 2.50 bits per heavy atom. The third kappa shape index (κ3) is 2.55. The van der Waals surface area contributed by atoms with Gasteiger partial charge in [-0.15, -0.1) is 5.70 Å². The highest BCUT2D eigenvalue weighted by molar-refractivity contribution is 6.19. The zero-order chi connectivity index (χ0) is 8.81. The van der Waals surface area contributed by atoms with Crippen LogP contribution in [0.1, 0.15) is 12.5 Å². The van der Waals surface area contributed by atoms with E-state index in [1.165, 1.54) is 5.56 Å². The minimum Gasteiger partial charge on any atom is -0.494 e. The summed E-state index contributed by atoms with van der Waals surface area (Å²) >= 11 is 0. The predicted octanol–water partition coefficient (Wildman–Crippen LogP) is 1.42.